The van der Waals surface area contributed by atoms with Crippen LogP contribution in [-0.2, 0) is 9.59 Å². The van der Waals surface area contributed by atoms with E-state index >= 15 is 0 Å². The summed E-state index contributed by atoms with van der Waals surface area (Å²) < 4.78 is 0. The SMILES string of the molecule is [B]C(=O)N[C@H](C(=O)N[C@@H](C)C(=O)N(c1ccccc1)c1ccc(C(N)=O)cc1)C(C)C. The molecular formula is C22H25BN4O4. The third kappa shape index (κ3) is 6.18. The Labute approximate surface area is 182 Å². The van der Waals surface area contributed by atoms with E-state index in [-0.39, 0.29) is 5.92 Å². The van der Waals surface area contributed by atoms with Gasteiger partial charge in [0.25, 0.3) is 5.91 Å². The molecule has 160 valence electrons. The van der Waals surface area contributed by atoms with Crippen molar-refractivity contribution in [3.63, 3.8) is 0 Å². The fourth-order valence-corrected chi connectivity index (χ4v) is 3.00. The molecule has 2 aromatic rings. The van der Waals surface area contributed by atoms with Gasteiger partial charge >= 0.3 is 0 Å². The van der Waals surface area contributed by atoms with Crippen LogP contribution in [0.4, 0.5) is 16.2 Å². The van der Waals surface area contributed by atoms with Gasteiger partial charge in [0.05, 0.1) is 0 Å². The number of carbonyl (C=O) groups is 4. The second kappa shape index (κ2) is 10.4. The molecule has 0 heterocycles. The van der Waals surface area contributed by atoms with Gasteiger partial charge in [0, 0.05) is 16.9 Å². The van der Waals surface area contributed by atoms with Crippen LogP contribution >= 0.6 is 0 Å². The molecule has 0 fully saturated rings. The van der Waals surface area contributed by atoms with Crippen molar-refractivity contribution in [1.29, 1.82) is 0 Å². The van der Waals surface area contributed by atoms with Crippen molar-refractivity contribution in [2.45, 2.75) is 32.9 Å². The number of nitrogens with two attached hydrogens (primary N) is 1. The Morgan fingerprint density at radius 1 is 0.871 bits per heavy atom. The minimum absolute atomic E-state index is 0.235. The topological polar surface area (TPSA) is 122 Å². The Morgan fingerprint density at radius 2 is 1.42 bits per heavy atom. The van der Waals surface area contributed by atoms with E-state index in [0.29, 0.717) is 16.9 Å². The highest BCUT2D eigenvalue weighted by molar-refractivity contribution is 6.57. The van der Waals surface area contributed by atoms with Gasteiger partial charge in [-0.25, -0.2) is 0 Å². The zero-order valence-electron chi connectivity index (χ0n) is 17.7. The van der Waals surface area contributed by atoms with Gasteiger partial charge < -0.3 is 16.4 Å². The largest absolute Gasteiger partial charge is 0.366 e. The number of nitrogens with one attached hydrogen (secondary N) is 2. The van der Waals surface area contributed by atoms with Crippen LogP contribution in [0.25, 0.3) is 0 Å². The predicted octanol–water partition coefficient (Wildman–Crippen LogP) is 1.86. The van der Waals surface area contributed by atoms with E-state index in [0.717, 1.165) is 0 Å². The van der Waals surface area contributed by atoms with E-state index in [1.165, 1.54) is 17.0 Å². The second-order valence-corrected chi connectivity index (χ2v) is 7.38. The van der Waals surface area contributed by atoms with Gasteiger partial charge in [-0.05, 0) is 49.2 Å². The molecule has 9 heteroatoms. The monoisotopic (exact) mass is 420 g/mol. The fourth-order valence-electron chi connectivity index (χ4n) is 3.00. The first-order valence-electron chi connectivity index (χ1n) is 9.77. The maximum absolute atomic E-state index is 13.3. The van der Waals surface area contributed by atoms with Crippen LogP contribution < -0.4 is 21.3 Å². The zero-order chi connectivity index (χ0) is 23.1. The van der Waals surface area contributed by atoms with Crippen LogP contribution in [-0.4, -0.2) is 43.5 Å². The lowest BCUT2D eigenvalue weighted by Gasteiger charge is -2.28. The van der Waals surface area contributed by atoms with E-state index in [2.05, 4.69) is 10.6 Å². The summed E-state index contributed by atoms with van der Waals surface area (Å²) in [5, 5.41) is 5.03. The average molecular weight is 420 g/mol. The number of hydrogen-bond acceptors (Lipinski definition) is 4. The number of carbonyl (C=O) groups excluding carboxylic acids is 4. The Morgan fingerprint density at radius 3 is 1.90 bits per heavy atom. The fraction of sp³-hybridized carbons (Fsp3) is 0.273. The molecule has 0 aliphatic rings. The summed E-state index contributed by atoms with van der Waals surface area (Å²) in [6, 6.07) is 13.3. The maximum atomic E-state index is 13.3. The maximum Gasteiger partial charge on any atom is 0.253 e. The van der Waals surface area contributed by atoms with Crippen LogP contribution in [0.3, 0.4) is 0 Å². The van der Waals surface area contributed by atoms with E-state index in [4.69, 9.17) is 13.6 Å². The summed E-state index contributed by atoms with van der Waals surface area (Å²) in [5.41, 5.74) is 6.68. The van der Waals surface area contributed by atoms with Crippen LogP contribution in [0.5, 0.6) is 0 Å². The van der Waals surface area contributed by atoms with Gasteiger partial charge in [0.2, 0.25) is 19.7 Å². The number of rotatable bonds is 8. The van der Waals surface area contributed by atoms with Gasteiger partial charge in [0.1, 0.15) is 12.1 Å². The summed E-state index contributed by atoms with van der Waals surface area (Å²) >= 11 is 0. The van der Waals surface area contributed by atoms with E-state index in [9.17, 15) is 19.2 Å². The third-order valence-corrected chi connectivity index (χ3v) is 4.62. The van der Waals surface area contributed by atoms with Crippen molar-refractivity contribution < 1.29 is 19.2 Å². The van der Waals surface area contributed by atoms with E-state index in [1.807, 2.05) is 6.07 Å². The number of amides is 4. The molecule has 8 nitrogen and oxygen atoms in total. The second-order valence-electron chi connectivity index (χ2n) is 7.38. The number of anilines is 2. The number of benzene rings is 2. The Bertz CT molecular complexity index is 948. The van der Waals surface area contributed by atoms with Gasteiger partial charge in [-0.2, -0.15) is 0 Å². The van der Waals surface area contributed by atoms with Crippen LogP contribution in [0, 0.1) is 5.92 Å². The lowest BCUT2D eigenvalue weighted by atomic mass is 10.0. The molecule has 0 aromatic heterocycles. The molecule has 4 amide bonds. The number of para-hydroxylation sites is 1. The van der Waals surface area contributed by atoms with Crippen LogP contribution in [0.15, 0.2) is 54.6 Å². The van der Waals surface area contributed by atoms with Crippen molar-refractivity contribution in [2.24, 2.45) is 11.7 Å². The Balaban J connectivity index is 2.31. The summed E-state index contributed by atoms with van der Waals surface area (Å²) in [5.74, 6) is -2.57. The first-order chi connectivity index (χ1) is 14.6. The molecule has 2 atom stereocenters. The normalized spacial score (nSPS) is 12.5. The minimum atomic E-state index is -0.917. The molecule has 2 radical (unpaired) electrons. The smallest absolute Gasteiger partial charge is 0.253 e. The molecule has 2 aromatic carbocycles. The van der Waals surface area contributed by atoms with Crippen LogP contribution in [0.2, 0.25) is 0 Å². The van der Waals surface area contributed by atoms with Gasteiger partial charge in [-0.1, -0.05) is 32.0 Å². The molecule has 0 unspecified atom stereocenters. The third-order valence-electron chi connectivity index (χ3n) is 4.62. The Kier molecular flexibility index (Phi) is 7.96. The highest BCUT2D eigenvalue weighted by atomic mass is 16.2. The lowest BCUT2D eigenvalue weighted by molar-refractivity contribution is -0.128. The quantitative estimate of drug-likeness (QED) is 0.565. The van der Waals surface area contributed by atoms with Gasteiger partial charge in [0.15, 0.2) is 5.81 Å². The van der Waals surface area contributed by atoms with Crippen molar-refractivity contribution in [1.82, 2.24) is 10.6 Å². The molecule has 0 saturated heterocycles. The van der Waals surface area contributed by atoms with Crippen molar-refractivity contribution in [3.8, 4) is 0 Å². The van der Waals surface area contributed by atoms with Crippen molar-refractivity contribution >= 4 is 42.7 Å². The summed E-state index contributed by atoms with van der Waals surface area (Å²) in [6.07, 6.45) is 0. The summed E-state index contributed by atoms with van der Waals surface area (Å²) in [7, 11) is 5.16. The molecule has 0 aliphatic carbocycles. The molecule has 0 saturated carbocycles. The van der Waals surface area contributed by atoms with Crippen molar-refractivity contribution in [2.75, 3.05) is 4.90 Å². The van der Waals surface area contributed by atoms with Gasteiger partial charge in [-0.15, -0.1) is 0 Å². The van der Waals surface area contributed by atoms with Gasteiger partial charge in [-0.3, -0.25) is 24.1 Å². The first kappa shape index (κ1) is 23.7. The van der Waals surface area contributed by atoms with E-state index < -0.39 is 35.6 Å². The number of hydrogen-bond donors (Lipinski definition) is 3. The molecule has 31 heavy (non-hydrogen) atoms. The number of nitrogens with zero attached hydrogens (tertiary/aromatic N) is 1. The Hall–Kier alpha value is -3.62. The van der Waals surface area contributed by atoms with Crippen LogP contribution in [0.1, 0.15) is 31.1 Å². The highest BCUT2D eigenvalue weighted by Crippen LogP contribution is 2.26. The molecule has 0 bridgehead atoms. The lowest BCUT2D eigenvalue weighted by Crippen LogP contribution is -2.54. The molecule has 2 rings (SSSR count). The highest BCUT2D eigenvalue weighted by Gasteiger charge is 2.29. The predicted molar refractivity (Wildman–Crippen MR) is 119 cm³/mol. The molecule has 0 aliphatic heterocycles. The van der Waals surface area contributed by atoms with Crippen molar-refractivity contribution in [3.05, 3.63) is 60.2 Å². The van der Waals surface area contributed by atoms with E-state index in [1.54, 1.807) is 57.2 Å². The first-order valence-corrected chi connectivity index (χ1v) is 9.77. The zero-order valence-corrected chi connectivity index (χ0v) is 17.7. The molecule has 4 N–H and O–H groups in total. The number of primary amides is 1. The molecule has 0 spiro atoms. The minimum Gasteiger partial charge on any atom is -0.366 e. The molecular weight excluding hydrogens is 395 g/mol. The summed E-state index contributed by atoms with van der Waals surface area (Å²) in [6.45, 7) is 5.06. The average Bonchev–Trinajstić information content (AvgIpc) is 2.72. The standard InChI is InChI=1S/C22H25BN4O4/c1-13(2)18(26-22(23)31)20(29)25-14(3)21(30)27(16-7-5-4-6-8-16)17-11-9-15(10-12-17)19(24)28/h4-14,18H,1-3H3,(H2,24,28)(H,25,29)(H,26,31)/t14-,18-/m0/s1. The summed E-state index contributed by atoms with van der Waals surface area (Å²) in [4.78, 5) is 50.0.